The second-order valence-corrected chi connectivity index (χ2v) is 17.5. The van der Waals surface area contributed by atoms with Gasteiger partial charge in [0.05, 0.1) is 35.9 Å². The van der Waals surface area contributed by atoms with E-state index in [2.05, 4.69) is 9.97 Å². The summed E-state index contributed by atoms with van der Waals surface area (Å²) in [5, 5.41) is 11.4. The van der Waals surface area contributed by atoms with E-state index in [0.29, 0.717) is 25.8 Å². The van der Waals surface area contributed by atoms with Crippen molar-refractivity contribution in [1.82, 2.24) is 24.3 Å². The summed E-state index contributed by atoms with van der Waals surface area (Å²) in [7, 11) is 5.05. The molecule has 13 atom stereocenters. The molecular formula is C43H64FN5O10. The van der Waals surface area contributed by atoms with Gasteiger partial charge in [0.1, 0.15) is 18.0 Å². The summed E-state index contributed by atoms with van der Waals surface area (Å²) in [5.41, 5.74) is -4.53. The molecule has 3 saturated heterocycles. The summed E-state index contributed by atoms with van der Waals surface area (Å²) < 4.78 is 49.4. The third kappa shape index (κ3) is 9.41. The van der Waals surface area contributed by atoms with E-state index in [1.54, 1.807) is 53.3 Å². The van der Waals surface area contributed by atoms with Crippen molar-refractivity contribution in [2.24, 2.45) is 17.8 Å². The molecule has 5 heterocycles. The van der Waals surface area contributed by atoms with Crippen molar-refractivity contribution in [2.75, 3.05) is 27.7 Å². The first-order valence-electron chi connectivity index (χ1n) is 20.8. The molecule has 1 amide bonds. The van der Waals surface area contributed by atoms with Gasteiger partial charge in [0, 0.05) is 68.1 Å². The topological polar surface area (TPSA) is 172 Å². The molecule has 0 aliphatic carbocycles. The fraction of sp³-hybridized carbons (Fsp3) is 0.721. The number of hydrogen-bond acceptors (Lipinski definition) is 13. The zero-order valence-corrected chi connectivity index (χ0v) is 36.4. The third-order valence-electron chi connectivity index (χ3n) is 12.8. The number of fused-ring (bicyclic) bond motifs is 1. The number of aryl methyl sites for hydroxylation is 1. The van der Waals surface area contributed by atoms with Crippen molar-refractivity contribution >= 4 is 23.6 Å². The van der Waals surface area contributed by atoms with Crippen molar-refractivity contribution in [3.8, 4) is 11.3 Å². The van der Waals surface area contributed by atoms with Crippen molar-refractivity contribution in [3.63, 3.8) is 0 Å². The number of methoxy groups -OCH3 is 1. The Kier molecular flexibility index (Phi) is 14.4. The fourth-order valence-corrected chi connectivity index (χ4v) is 9.43. The monoisotopic (exact) mass is 829 g/mol. The number of aromatic nitrogens is 3. The first-order valence-corrected chi connectivity index (χ1v) is 20.8. The zero-order chi connectivity index (χ0) is 43.6. The highest BCUT2D eigenvalue weighted by molar-refractivity contribution is 6.08. The highest BCUT2D eigenvalue weighted by atomic mass is 19.1. The summed E-state index contributed by atoms with van der Waals surface area (Å²) in [6.07, 6.45) is 2.93. The first kappa shape index (κ1) is 46.2. The van der Waals surface area contributed by atoms with Crippen LogP contribution in [0.2, 0.25) is 0 Å². The van der Waals surface area contributed by atoms with Crippen LogP contribution in [0.3, 0.4) is 0 Å². The van der Waals surface area contributed by atoms with E-state index < -0.39 is 83.1 Å². The summed E-state index contributed by atoms with van der Waals surface area (Å²) in [5.74, 6) is -5.78. The number of ketones is 2. The van der Waals surface area contributed by atoms with Crippen LogP contribution in [0.15, 0.2) is 37.1 Å². The van der Waals surface area contributed by atoms with Gasteiger partial charge in [-0.1, -0.05) is 27.7 Å². The molecule has 328 valence electrons. The number of pyridine rings is 1. The number of ether oxygens (including phenoxy) is 5. The fourth-order valence-electron chi connectivity index (χ4n) is 9.43. The van der Waals surface area contributed by atoms with E-state index in [9.17, 15) is 24.3 Å². The number of aliphatic hydroxyl groups excluding tert-OH is 1. The third-order valence-corrected chi connectivity index (χ3v) is 12.8. The zero-order valence-electron chi connectivity index (χ0n) is 36.4. The van der Waals surface area contributed by atoms with Crippen molar-refractivity contribution in [2.45, 2.75) is 154 Å². The van der Waals surface area contributed by atoms with Crippen molar-refractivity contribution < 1.29 is 52.4 Å². The molecule has 3 aliphatic heterocycles. The molecule has 3 fully saturated rings. The second-order valence-electron chi connectivity index (χ2n) is 17.5. The Morgan fingerprint density at radius 1 is 1.05 bits per heavy atom. The second kappa shape index (κ2) is 18.4. The van der Waals surface area contributed by atoms with E-state index >= 15 is 4.39 Å². The van der Waals surface area contributed by atoms with Gasteiger partial charge >= 0.3 is 12.1 Å². The predicted molar refractivity (Wildman–Crippen MR) is 215 cm³/mol. The minimum atomic E-state index is -3.18. The van der Waals surface area contributed by atoms with Gasteiger partial charge in [-0.3, -0.25) is 14.6 Å². The van der Waals surface area contributed by atoms with Crippen LogP contribution in [0.25, 0.3) is 11.3 Å². The maximum atomic E-state index is 16.9. The normalized spacial score (nSPS) is 37.6. The van der Waals surface area contributed by atoms with Gasteiger partial charge < -0.3 is 43.2 Å². The summed E-state index contributed by atoms with van der Waals surface area (Å²) in [6, 6.07) is 2.49. The van der Waals surface area contributed by atoms with Crippen LogP contribution in [0.4, 0.5) is 9.18 Å². The number of halogens is 1. The van der Waals surface area contributed by atoms with Crippen LogP contribution in [0, 0.1) is 17.8 Å². The SMILES string of the molecule is CC[C@H]1OC(=O)[C@@](C)(F)C(=O)[C@H](C)[C@@H](O[C@@H]2O[C@H](C)C[C@H](N(C)C)[C@H]2O)[C@](C)(OC)C[C@@H](C)C(=O)[C@H](C)C2N(CCCCn3cnc(-c4cccnc4)c3)C(=O)O[C@@]21C. The number of carbonyl (C=O) groups excluding carboxylic acids is 4. The van der Waals surface area contributed by atoms with E-state index in [-0.39, 0.29) is 37.3 Å². The maximum absolute atomic E-state index is 16.9. The lowest BCUT2D eigenvalue weighted by Gasteiger charge is -2.47. The lowest BCUT2D eigenvalue weighted by molar-refractivity contribution is -0.295. The van der Waals surface area contributed by atoms with Crippen LogP contribution >= 0.6 is 0 Å². The summed E-state index contributed by atoms with van der Waals surface area (Å²) in [6.45, 7) is 13.4. The quantitative estimate of drug-likeness (QED) is 0.182. The average molecular weight is 830 g/mol. The van der Waals surface area contributed by atoms with Gasteiger partial charge in [0.2, 0.25) is 0 Å². The molecule has 2 aromatic heterocycles. The van der Waals surface area contributed by atoms with Crippen LogP contribution in [-0.4, -0.2) is 140 Å². The number of Topliss-reactive ketones (excluding diaryl/α,β-unsaturated/α-hetero) is 2. The first-order chi connectivity index (χ1) is 27.7. The van der Waals surface area contributed by atoms with Crippen LogP contribution in [0.5, 0.6) is 0 Å². The number of likely N-dealkylation sites (N-methyl/N-ethyl adjacent to an activating group) is 1. The van der Waals surface area contributed by atoms with Gasteiger partial charge in [-0.2, -0.15) is 0 Å². The number of alkyl halides is 1. The van der Waals surface area contributed by atoms with Crippen LogP contribution in [0.1, 0.15) is 87.5 Å². The number of nitrogens with zero attached hydrogens (tertiary/aromatic N) is 5. The molecule has 1 unspecified atom stereocenters. The van der Waals surface area contributed by atoms with Crippen molar-refractivity contribution in [1.29, 1.82) is 0 Å². The van der Waals surface area contributed by atoms with Crippen LogP contribution < -0.4 is 0 Å². The Hall–Kier alpha value is -3.83. The van der Waals surface area contributed by atoms with Gasteiger partial charge in [-0.15, -0.1) is 0 Å². The van der Waals surface area contributed by atoms with E-state index in [1.807, 2.05) is 48.8 Å². The largest absolute Gasteiger partial charge is 0.455 e. The molecule has 0 bridgehead atoms. The number of cyclic esters (lactones) is 1. The average Bonchev–Trinajstić information content (AvgIpc) is 3.78. The van der Waals surface area contributed by atoms with Gasteiger partial charge in [0.25, 0.3) is 5.67 Å². The van der Waals surface area contributed by atoms with Gasteiger partial charge in [-0.05, 0) is 86.0 Å². The number of amides is 1. The highest BCUT2D eigenvalue weighted by Crippen LogP contribution is 2.43. The van der Waals surface area contributed by atoms with Crippen molar-refractivity contribution in [3.05, 3.63) is 37.1 Å². The molecule has 3 aliphatic rings. The minimum absolute atomic E-state index is 0.000728. The molecule has 0 aromatic carbocycles. The smallest absolute Gasteiger partial charge is 0.410 e. The van der Waals surface area contributed by atoms with E-state index in [0.717, 1.165) is 18.2 Å². The Balaban J connectivity index is 1.46. The number of carbonyl (C=O) groups is 4. The number of imidazole rings is 1. The standard InChI is InChI=1S/C43H64FN5O10/c1-12-32-43(8)35(49(40(54)59-43)19-14-13-18-48-23-30(46-24-48)29-16-15-17-45-22-29)27(4)33(50)25(2)21-41(6,55-11)37(28(5)36(52)42(7,44)39(53)57-32)58-38-34(51)31(47(9)10)20-26(3)56-38/h15-17,22-28,31-32,34-35,37-38,51H,12-14,18-21H2,1-11H3/t25-,26-,27+,28+,31+,32-,34-,35?,37-,38+,41-,42+,43-/m1/s1. The molecule has 0 spiro atoms. The minimum Gasteiger partial charge on any atom is -0.455 e. The summed E-state index contributed by atoms with van der Waals surface area (Å²) in [4.78, 5) is 68.7. The molecule has 5 rings (SSSR count). The molecule has 2 aromatic rings. The van der Waals surface area contributed by atoms with Crippen LogP contribution in [-0.2, 0) is 44.6 Å². The Bertz CT molecular complexity index is 1790. The summed E-state index contributed by atoms with van der Waals surface area (Å²) >= 11 is 0. The van der Waals surface area contributed by atoms with Gasteiger partial charge in [0.15, 0.2) is 17.7 Å². The molecule has 16 heteroatoms. The Labute approximate surface area is 347 Å². The molecular weight excluding hydrogens is 765 g/mol. The molecule has 59 heavy (non-hydrogen) atoms. The number of aliphatic hydroxyl groups is 1. The molecule has 0 radical (unpaired) electrons. The molecule has 0 saturated carbocycles. The maximum Gasteiger partial charge on any atom is 0.410 e. The molecule has 15 nitrogen and oxygen atoms in total. The van der Waals surface area contributed by atoms with Gasteiger partial charge in [-0.25, -0.2) is 19.0 Å². The lowest BCUT2D eigenvalue weighted by atomic mass is 9.73. The highest BCUT2D eigenvalue weighted by Gasteiger charge is 2.61. The number of esters is 1. The number of unbranched alkanes of at least 4 members (excludes halogenated alkanes) is 1. The Morgan fingerprint density at radius 3 is 2.37 bits per heavy atom. The number of rotatable bonds is 11. The van der Waals surface area contributed by atoms with E-state index in [4.69, 9.17) is 23.7 Å². The number of hydrogen-bond donors (Lipinski definition) is 1. The Morgan fingerprint density at radius 2 is 1.75 bits per heavy atom. The van der Waals surface area contributed by atoms with E-state index in [1.165, 1.54) is 18.9 Å². The predicted octanol–water partition coefficient (Wildman–Crippen LogP) is 5.02. The lowest BCUT2D eigenvalue weighted by Crippen LogP contribution is -2.61. The molecule has 1 N–H and O–H groups in total.